The number of carbonyl (C=O) groups is 1. The maximum absolute atomic E-state index is 11.6. The molecule has 98 valence electrons. The second-order valence-electron chi connectivity index (χ2n) is 4.11. The normalized spacial score (nSPS) is 12.2. The molecule has 4 heteroatoms. The predicted molar refractivity (Wildman–Crippen MR) is 85.2 cm³/mol. The molecular weight excluding hydrogens is 324 g/mol. The average Bonchev–Trinajstić information content (AvgIpc) is 2.45. The van der Waals surface area contributed by atoms with Gasteiger partial charge < -0.3 is 4.74 Å². The van der Waals surface area contributed by atoms with E-state index in [0.29, 0.717) is 10.5 Å². The van der Waals surface area contributed by atoms with Crippen LogP contribution in [0.3, 0.4) is 0 Å². The molecule has 2 aromatic rings. The predicted octanol–water partition coefficient (Wildman–Crippen LogP) is 4.44. The van der Waals surface area contributed by atoms with E-state index in [1.807, 2.05) is 36.4 Å². The summed E-state index contributed by atoms with van der Waals surface area (Å²) < 4.78 is 5.65. The zero-order chi connectivity index (χ0) is 14.0. The highest BCUT2D eigenvalue weighted by Gasteiger charge is 2.13. The number of hydrogen-bond donors (Lipinski definition) is 1. The van der Waals surface area contributed by atoms with Crippen LogP contribution >= 0.6 is 28.6 Å². The van der Waals surface area contributed by atoms with Gasteiger partial charge in [-0.2, -0.15) is 0 Å². The Bertz CT molecular complexity index is 677. The Kier molecular flexibility index (Phi) is 4.32. The van der Waals surface area contributed by atoms with Crippen molar-refractivity contribution >= 4 is 50.2 Å². The van der Waals surface area contributed by atoms with Crippen LogP contribution in [0.2, 0.25) is 0 Å². The molecule has 0 fully saturated rings. The first-order valence-electron chi connectivity index (χ1n) is 5.72. The number of methoxy groups -OCH3 is 1. The second kappa shape index (κ2) is 5.80. The van der Waals surface area contributed by atoms with Gasteiger partial charge in [0.1, 0.15) is 0 Å². The fourth-order valence-corrected chi connectivity index (χ4v) is 2.99. The molecule has 0 saturated heterocycles. The largest absolute Gasteiger partial charge is 0.466 e. The molecule has 0 unspecified atom stereocenters. The van der Waals surface area contributed by atoms with Gasteiger partial charge in [0.25, 0.3) is 0 Å². The van der Waals surface area contributed by atoms with Crippen LogP contribution in [0.15, 0.2) is 46.4 Å². The number of halogens is 1. The lowest BCUT2D eigenvalue weighted by atomic mass is 10.0. The van der Waals surface area contributed by atoms with Crippen LogP contribution in [-0.4, -0.2) is 13.1 Å². The van der Waals surface area contributed by atoms with Crippen molar-refractivity contribution in [2.75, 3.05) is 7.11 Å². The molecule has 0 heterocycles. The van der Waals surface area contributed by atoms with Gasteiger partial charge in [-0.3, -0.25) is 0 Å². The molecule has 0 aliphatic carbocycles. The molecule has 0 aliphatic rings. The molecule has 0 N–H and O–H groups in total. The number of rotatable bonds is 2. The number of benzene rings is 2. The molecule has 2 nitrogen and oxygen atoms in total. The fourth-order valence-electron chi connectivity index (χ4n) is 1.87. The van der Waals surface area contributed by atoms with Crippen molar-refractivity contribution in [3.63, 3.8) is 0 Å². The summed E-state index contributed by atoms with van der Waals surface area (Å²) in [4.78, 5) is 12.2. The van der Waals surface area contributed by atoms with Crippen LogP contribution < -0.4 is 0 Å². The van der Waals surface area contributed by atoms with Crippen molar-refractivity contribution in [1.29, 1.82) is 0 Å². The summed E-state index contributed by atoms with van der Waals surface area (Å²) in [6, 6.07) is 12.0. The Labute approximate surface area is 126 Å². The van der Waals surface area contributed by atoms with Gasteiger partial charge in [0.05, 0.1) is 7.11 Å². The SMILES string of the molecule is COC(=O)/C(C)=C(\S)c1ccc2ccccc2c1Br. The third-order valence-corrected chi connectivity index (χ3v) is 4.40. The van der Waals surface area contributed by atoms with Crippen molar-refractivity contribution in [2.45, 2.75) is 6.92 Å². The molecule has 0 radical (unpaired) electrons. The van der Waals surface area contributed by atoms with E-state index in [9.17, 15) is 4.79 Å². The first-order chi connectivity index (χ1) is 9.06. The Balaban J connectivity index is 2.64. The lowest BCUT2D eigenvalue weighted by Crippen LogP contribution is -2.03. The summed E-state index contributed by atoms with van der Waals surface area (Å²) >= 11 is 8.04. The van der Waals surface area contributed by atoms with Gasteiger partial charge in [0, 0.05) is 20.5 Å². The number of fused-ring (bicyclic) bond motifs is 1. The van der Waals surface area contributed by atoms with Gasteiger partial charge in [0.15, 0.2) is 0 Å². The van der Waals surface area contributed by atoms with Gasteiger partial charge in [0.2, 0.25) is 0 Å². The molecule has 0 spiro atoms. The van der Waals surface area contributed by atoms with E-state index in [2.05, 4.69) is 28.6 Å². The molecule has 0 aromatic heterocycles. The van der Waals surface area contributed by atoms with Crippen molar-refractivity contribution in [2.24, 2.45) is 0 Å². The standard InChI is InChI=1S/C15H13BrO2S/c1-9(15(17)18-2)14(19)12-8-7-10-5-3-4-6-11(10)13(12)16/h3-8,19H,1-2H3/b14-9-. The van der Waals surface area contributed by atoms with E-state index in [0.717, 1.165) is 20.8 Å². The minimum atomic E-state index is -0.370. The lowest BCUT2D eigenvalue weighted by molar-refractivity contribution is -0.135. The summed E-state index contributed by atoms with van der Waals surface area (Å²) in [5.41, 5.74) is 1.37. The molecule has 0 bridgehead atoms. The summed E-state index contributed by atoms with van der Waals surface area (Å²) in [5.74, 6) is -0.370. The first-order valence-corrected chi connectivity index (χ1v) is 6.96. The van der Waals surface area contributed by atoms with Gasteiger partial charge in [-0.1, -0.05) is 36.4 Å². The number of esters is 1. The minimum absolute atomic E-state index is 0.370. The van der Waals surface area contributed by atoms with Gasteiger partial charge >= 0.3 is 5.97 Å². The minimum Gasteiger partial charge on any atom is -0.466 e. The van der Waals surface area contributed by atoms with Crippen molar-refractivity contribution in [3.8, 4) is 0 Å². The Morgan fingerprint density at radius 3 is 2.58 bits per heavy atom. The quantitative estimate of drug-likeness (QED) is 0.498. The van der Waals surface area contributed by atoms with Gasteiger partial charge in [-0.25, -0.2) is 4.79 Å². The fraction of sp³-hybridized carbons (Fsp3) is 0.133. The zero-order valence-corrected chi connectivity index (χ0v) is 13.1. The van der Waals surface area contributed by atoms with E-state index in [4.69, 9.17) is 4.74 Å². The molecule has 0 aliphatic heterocycles. The van der Waals surface area contributed by atoms with E-state index in [1.165, 1.54) is 7.11 Å². The van der Waals surface area contributed by atoms with Crippen LogP contribution in [0.25, 0.3) is 15.7 Å². The van der Waals surface area contributed by atoms with Crippen molar-refractivity contribution < 1.29 is 9.53 Å². The van der Waals surface area contributed by atoms with E-state index < -0.39 is 0 Å². The molecule has 0 saturated carbocycles. The highest BCUT2D eigenvalue weighted by Crippen LogP contribution is 2.35. The molecule has 0 atom stereocenters. The van der Waals surface area contributed by atoms with Crippen LogP contribution in [-0.2, 0) is 9.53 Å². The zero-order valence-electron chi connectivity index (χ0n) is 10.6. The molecule has 0 amide bonds. The third-order valence-electron chi connectivity index (χ3n) is 2.97. The van der Waals surface area contributed by atoms with E-state index in [-0.39, 0.29) is 5.97 Å². The summed E-state index contributed by atoms with van der Waals surface area (Å²) in [6.45, 7) is 1.70. The lowest BCUT2D eigenvalue weighted by Gasteiger charge is -2.10. The molecule has 19 heavy (non-hydrogen) atoms. The highest BCUT2D eigenvalue weighted by atomic mass is 79.9. The molecule has 2 aromatic carbocycles. The van der Waals surface area contributed by atoms with Crippen LogP contribution in [0.1, 0.15) is 12.5 Å². The van der Waals surface area contributed by atoms with Crippen LogP contribution in [0.4, 0.5) is 0 Å². The number of thiol groups is 1. The second-order valence-corrected chi connectivity index (χ2v) is 5.35. The maximum Gasteiger partial charge on any atom is 0.334 e. The topological polar surface area (TPSA) is 26.3 Å². The van der Waals surface area contributed by atoms with Crippen molar-refractivity contribution in [1.82, 2.24) is 0 Å². The Hall–Kier alpha value is -1.26. The number of ether oxygens (including phenoxy) is 1. The van der Waals surface area contributed by atoms with Crippen LogP contribution in [0, 0.1) is 0 Å². The summed E-state index contributed by atoms with van der Waals surface area (Å²) in [6.07, 6.45) is 0. The molecule has 2 rings (SSSR count). The Morgan fingerprint density at radius 2 is 1.89 bits per heavy atom. The summed E-state index contributed by atoms with van der Waals surface area (Å²) in [7, 11) is 1.36. The maximum atomic E-state index is 11.6. The van der Waals surface area contributed by atoms with Gasteiger partial charge in [-0.05, 0) is 33.6 Å². The number of carbonyl (C=O) groups excluding carboxylic acids is 1. The average molecular weight is 337 g/mol. The Morgan fingerprint density at radius 1 is 1.21 bits per heavy atom. The smallest absolute Gasteiger partial charge is 0.334 e. The van der Waals surface area contributed by atoms with Crippen molar-refractivity contribution in [3.05, 3.63) is 52.0 Å². The summed E-state index contributed by atoms with van der Waals surface area (Å²) in [5, 5.41) is 2.22. The van der Waals surface area contributed by atoms with Gasteiger partial charge in [-0.15, -0.1) is 12.6 Å². The molecular formula is C15H13BrO2S. The number of hydrogen-bond acceptors (Lipinski definition) is 3. The van der Waals surface area contributed by atoms with Crippen LogP contribution in [0.5, 0.6) is 0 Å². The van der Waals surface area contributed by atoms with E-state index >= 15 is 0 Å². The highest BCUT2D eigenvalue weighted by molar-refractivity contribution is 9.10. The third kappa shape index (κ3) is 2.69. The van der Waals surface area contributed by atoms with E-state index in [1.54, 1.807) is 6.92 Å². The first kappa shape index (κ1) is 14.2. The monoisotopic (exact) mass is 336 g/mol.